The third-order valence-electron chi connectivity index (χ3n) is 7.68. The van der Waals surface area contributed by atoms with Crippen LogP contribution in [-0.2, 0) is 40.5 Å². The second-order valence-electron chi connectivity index (χ2n) is 12.6. The molecule has 0 aliphatic rings. The molecule has 5 aromatic rings. The maximum absolute atomic E-state index is 11.6. The van der Waals surface area contributed by atoms with Crippen molar-refractivity contribution < 1.29 is 180 Å². The topological polar surface area (TPSA) is 366 Å². The summed E-state index contributed by atoms with van der Waals surface area (Å²) in [5.41, 5.74) is -1.03. The van der Waals surface area contributed by atoms with Gasteiger partial charge in [-0.15, -0.1) is 10.2 Å². The Balaban J connectivity index is 0.00000595. The maximum Gasteiger partial charge on any atom is 1.00 e. The van der Waals surface area contributed by atoms with E-state index in [9.17, 15) is 51.9 Å². The standard InChI is InChI=1S/C33H28Cl5N9O14S4.4Na/c34-19-5-3-17(11-29(19)64(54,55)56)44-46-23-15-27(60-7-1-9-62(48,49)50)25(13-21(23)36)39-32-41-31(38)42-33(43-32)40-26-14-22(37)24(16-28(26)61-8-2-10-63(51,52)53)47-45-18-4-6-20(35)30(12-18)65(57,58)59;;;;/h3-6,11-16H,1-2,7-10H2,(H,48,49,50)(H,51,52,53)(H,54,55,56)(H,57,58,59)(H2,39,40,41,42,43);;;;/q;4*+1/p-4. The van der Waals surface area contributed by atoms with Gasteiger partial charge in [0, 0.05) is 23.6 Å². The quantitative estimate of drug-likeness (QED) is 0.0358. The van der Waals surface area contributed by atoms with Gasteiger partial charge in [0.05, 0.1) is 74.7 Å². The van der Waals surface area contributed by atoms with Gasteiger partial charge in [0.1, 0.15) is 54.5 Å². The molecule has 23 nitrogen and oxygen atoms in total. The fourth-order valence-electron chi connectivity index (χ4n) is 4.90. The van der Waals surface area contributed by atoms with Crippen LogP contribution in [0.5, 0.6) is 11.5 Å². The van der Waals surface area contributed by atoms with Crippen LogP contribution < -0.4 is 139 Å². The molecule has 0 amide bonds. The summed E-state index contributed by atoms with van der Waals surface area (Å²) in [5.74, 6) is -1.79. The molecular formula is C33H24Cl5N9Na4O14S4. The number of aromatic amines is 2. The van der Waals surface area contributed by atoms with Gasteiger partial charge in [-0.25, -0.2) is 43.7 Å². The first-order valence-electron chi connectivity index (χ1n) is 17.3. The van der Waals surface area contributed by atoms with Crippen LogP contribution in [0.3, 0.4) is 0 Å². The van der Waals surface area contributed by atoms with Crippen molar-refractivity contribution in [1.29, 1.82) is 0 Å². The van der Waals surface area contributed by atoms with Gasteiger partial charge in [0.25, 0.3) is 0 Å². The number of nitrogens with one attached hydrogen (secondary N) is 2. The molecule has 0 spiro atoms. The minimum Gasteiger partial charge on any atom is -0.748 e. The molecule has 1 aromatic heterocycles. The molecule has 0 atom stereocenters. The predicted molar refractivity (Wildman–Crippen MR) is 228 cm³/mol. The van der Waals surface area contributed by atoms with Crippen LogP contribution in [0.2, 0.25) is 25.4 Å². The molecular weight excluding hydrogens is 1140 g/mol. The van der Waals surface area contributed by atoms with E-state index in [4.69, 9.17) is 67.5 Å². The van der Waals surface area contributed by atoms with Crippen LogP contribution in [0.25, 0.3) is 0 Å². The number of hydrogen-bond donors (Lipinski definition) is 2. The average Bonchev–Trinajstić information content (AvgIpc) is 3.17. The van der Waals surface area contributed by atoms with Crippen LogP contribution in [0, 0.1) is 0 Å². The molecule has 4 aromatic carbocycles. The summed E-state index contributed by atoms with van der Waals surface area (Å²) < 4.78 is 148. The van der Waals surface area contributed by atoms with E-state index in [1.807, 2.05) is 0 Å². The monoisotopic (exact) mass is 1160 g/mol. The number of nitrogens with zero attached hydrogens (tertiary/aromatic N) is 7. The zero-order chi connectivity index (χ0) is 47.9. The first-order valence-corrected chi connectivity index (χ1v) is 25.2. The third kappa shape index (κ3) is 21.6. The van der Waals surface area contributed by atoms with Gasteiger partial charge >= 0.3 is 118 Å². The summed E-state index contributed by atoms with van der Waals surface area (Å²) >= 11 is 30.9. The van der Waals surface area contributed by atoms with Crippen molar-refractivity contribution in [3.63, 3.8) is 0 Å². The predicted octanol–water partition coefficient (Wildman–Crippen LogP) is -5.25. The van der Waals surface area contributed by atoms with Gasteiger partial charge < -0.3 is 32.7 Å². The van der Waals surface area contributed by atoms with Crippen molar-refractivity contribution in [3.8, 4) is 11.5 Å². The second kappa shape index (κ2) is 28.9. The van der Waals surface area contributed by atoms with Crippen LogP contribution in [0.4, 0.5) is 34.1 Å². The van der Waals surface area contributed by atoms with Crippen molar-refractivity contribution in [2.24, 2.45) is 30.4 Å². The van der Waals surface area contributed by atoms with Gasteiger partial charge in [-0.3, -0.25) is 4.98 Å². The van der Waals surface area contributed by atoms with Crippen LogP contribution in [-0.4, -0.2) is 91.6 Å². The van der Waals surface area contributed by atoms with E-state index in [0.717, 1.165) is 24.3 Å². The minimum absolute atomic E-state index is 0. The zero-order valence-corrected chi connectivity index (χ0v) is 50.9. The minimum atomic E-state index is -4.98. The summed E-state index contributed by atoms with van der Waals surface area (Å²) in [7, 11) is -19.2. The smallest absolute Gasteiger partial charge is 0.748 e. The van der Waals surface area contributed by atoms with Crippen molar-refractivity contribution in [1.82, 2.24) is 15.0 Å². The number of aromatic nitrogens is 3. The van der Waals surface area contributed by atoms with E-state index < -0.39 is 61.8 Å². The molecule has 348 valence electrons. The molecule has 0 unspecified atom stereocenters. The number of H-pyrrole nitrogens is 2. The Kier molecular flexibility index (Phi) is 27.8. The average molecular weight is 1170 g/mol. The van der Waals surface area contributed by atoms with Gasteiger partial charge in [-0.2, -0.15) is 15.2 Å². The van der Waals surface area contributed by atoms with E-state index in [1.165, 1.54) is 36.4 Å². The molecule has 0 radical (unpaired) electrons. The number of halogens is 5. The number of benzene rings is 4. The van der Waals surface area contributed by atoms with Crippen molar-refractivity contribution in [2.75, 3.05) is 24.7 Å². The van der Waals surface area contributed by atoms with E-state index in [0.29, 0.717) is 0 Å². The summed E-state index contributed by atoms with van der Waals surface area (Å²) in [6.07, 6.45) is -0.507. The molecule has 0 saturated heterocycles. The molecule has 1 heterocycles. The van der Waals surface area contributed by atoms with Crippen LogP contribution in [0.1, 0.15) is 12.8 Å². The van der Waals surface area contributed by atoms with Gasteiger partial charge in [0.15, 0.2) is 0 Å². The molecule has 0 aliphatic carbocycles. The number of ether oxygens (including phenoxy) is 2. The van der Waals surface area contributed by atoms with Crippen molar-refractivity contribution in [2.45, 2.75) is 22.6 Å². The molecule has 2 N–H and O–H groups in total. The molecule has 5 rings (SSSR count). The first kappa shape index (κ1) is 66.4. The van der Waals surface area contributed by atoms with Crippen molar-refractivity contribution in [3.05, 3.63) is 97.3 Å². The summed E-state index contributed by atoms with van der Waals surface area (Å²) in [4.78, 5) is 16.7. The summed E-state index contributed by atoms with van der Waals surface area (Å²) in [5, 5.41) is 14.5. The maximum atomic E-state index is 11.6. The number of rotatable bonds is 18. The molecule has 0 saturated carbocycles. The normalized spacial score (nSPS) is 12.5. The second-order valence-corrected chi connectivity index (χ2v) is 20.3. The van der Waals surface area contributed by atoms with Gasteiger partial charge in [-0.1, -0.05) is 46.4 Å². The largest absolute Gasteiger partial charge is 1.00 e. The molecule has 0 aliphatic heterocycles. The van der Waals surface area contributed by atoms with Crippen LogP contribution >= 0.6 is 58.0 Å². The molecule has 69 heavy (non-hydrogen) atoms. The van der Waals surface area contributed by atoms with E-state index in [-0.39, 0.29) is 227 Å². The van der Waals surface area contributed by atoms with Gasteiger partial charge in [-0.05, 0) is 73.0 Å². The van der Waals surface area contributed by atoms with Crippen molar-refractivity contribution >= 4 is 133 Å². The Morgan fingerprint density at radius 1 is 0.507 bits per heavy atom. The third-order valence-corrected chi connectivity index (χ3v) is 12.7. The molecule has 0 fully saturated rings. The number of azo groups is 2. The Morgan fingerprint density at radius 3 is 1.30 bits per heavy atom. The fraction of sp³-hybridized carbons (Fsp3) is 0.182. The van der Waals surface area contributed by atoms with E-state index in [1.54, 1.807) is 0 Å². The van der Waals surface area contributed by atoms with E-state index >= 15 is 0 Å². The van der Waals surface area contributed by atoms with Gasteiger partial charge in [0.2, 0.25) is 16.5 Å². The molecule has 0 bridgehead atoms. The Labute approximate surface area is 506 Å². The zero-order valence-electron chi connectivity index (χ0n) is 35.9. The summed E-state index contributed by atoms with van der Waals surface area (Å²) in [6.45, 7) is -0.675. The van der Waals surface area contributed by atoms with Crippen LogP contribution in [0.15, 0.2) is 101 Å². The molecule has 36 heteroatoms. The summed E-state index contributed by atoms with van der Waals surface area (Å²) in [6, 6.07) is 11.4. The fourth-order valence-corrected chi connectivity index (χ4v) is 8.35. The first-order chi connectivity index (χ1) is 30.2. The Morgan fingerprint density at radius 2 is 0.913 bits per heavy atom. The Bertz CT molecular complexity index is 3130. The SMILES string of the molecule is O=S(=O)([O-])CCCOc1cc(N=Nc2ccc(Cl)c(S(=O)(=O)[O-])c2)c(Cl)cc1N=c1nc(Cl)[nH]c(=Nc2cc(Cl)c(N=Nc3ccc(Cl)c(S(=O)(=O)[O-])c3)cc2OCCCS(=O)(=O)[O-])[nH]1.[Na+].[Na+].[Na+].[Na+]. The Hall–Kier alpha value is -0.620. The number of hydrogen-bond acceptors (Lipinski definition) is 21. The van der Waals surface area contributed by atoms with E-state index in [2.05, 4.69) is 45.4 Å².